The molecule has 1 aromatic carbocycles. The fraction of sp³-hybridized carbons (Fsp3) is 0.217. The molecule has 1 nitrogen and oxygen atoms in total. The van der Waals surface area contributed by atoms with Gasteiger partial charge >= 0.3 is 0 Å². The fourth-order valence-electron chi connectivity index (χ4n) is 2.61. The summed E-state index contributed by atoms with van der Waals surface area (Å²) >= 11 is 0. The molecule has 1 aliphatic rings. The molecule has 0 aliphatic heterocycles. The lowest BCUT2D eigenvalue weighted by atomic mass is 9.99. The molecule has 0 unspecified atom stereocenters. The van der Waals surface area contributed by atoms with Crippen molar-refractivity contribution in [1.82, 2.24) is 5.32 Å². The molecule has 2 rings (SSSR count). The first-order chi connectivity index (χ1) is 11.8. The van der Waals surface area contributed by atoms with Gasteiger partial charge < -0.3 is 5.32 Å². The number of allylic oxidation sites excluding steroid dienone is 11. The van der Waals surface area contributed by atoms with Crippen molar-refractivity contribution in [2.24, 2.45) is 0 Å². The van der Waals surface area contributed by atoms with Gasteiger partial charge in [-0.1, -0.05) is 72.9 Å². The van der Waals surface area contributed by atoms with Crippen LogP contribution in [0.2, 0.25) is 0 Å². The lowest BCUT2D eigenvalue weighted by Gasteiger charge is -2.07. The van der Waals surface area contributed by atoms with Crippen molar-refractivity contribution in [2.45, 2.75) is 26.2 Å². The molecule has 1 N–H and O–H groups in total. The Balaban J connectivity index is 2.08. The van der Waals surface area contributed by atoms with Gasteiger partial charge in [-0.3, -0.25) is 0 Å². The lowest BCUT2D eigenvalue weighted by molar-refractivity contribution is 1.10. The van der Waals surface area contributed by atoms with E-state index in [1.807, 2.05) is 13.2 Å². The Morgan fingerprint density at radius 1 is 1.04 bits per heavy atom. The molecule has 0 spiro atoms. The molecule has 1 aromatic rings. The van der Waals surface area contributed by atoms with Crippen LogP contribution in [0, 0.1) is 0 Å². The highest BCUT2D eigenvalue weighted by Gasteiger charge is 2.00. The third-order valence-electron chi connectivity index (χ3n) is 3.94. The van der Waals surface area contributed by atoms with Crippen molar-refractivity contribution in [1.29, 1.82) is 0 Å². The van der Waals surface area contributed by atoms with Gasteiger partial charge in [0.1, 0.15) is 0 Å². The molecule has 0 amide bonds. The summed E-state index contributed by atoms with van der Waals surface area (Å²) in [6, 6.07) is 8.88. The van der Waals surface area contributed by atoms with E-state index >= 15 is 0 Å². The van der Waals surface area contributed by atoms with E-state index < -0.39 is 0 Å². The van der Waals surface area contributed by atoms with Gasteiger partial charge in [0.15, 0.2) is 0 Å². The molecule has 0 aromatic heterocycles. The van der Waals surface area contributed by atoms with Crippen LogP contribution in [0.3, 0.4) is 0 Å². The van der Waals surface area contributed by atoms with Crippen LogP contribution in [0.1, 0.15) is 30.9 Å². The van der Waals surface area contributed by atoms with Gasteiger partial charge in [0.25, 0.3) is 0 Å². The second-order valence-electron chi connectivity index (χ2n) is 5.75. The smallest absolute Gasteiger partial charge is 0.00277 e. The first-order valence-electron chi connectivity index (χ1n) is 8.60. The van der Waals surface area contributed by atoms with Crippen LogP contribution in [0.4, 0.5) is 0 Å². The summed E-state index contributed by atoms with van der Waals surface area (Å²) in [6.07, 6.45) is 24.6. The highest BCUT2D eigenvalue weighted by Crippen LogP contribution is 2.19. The van der Waals surface area contributed by atoms with E-state index in [9.17, 15) is 0 Å². The number of nitrogens with one attached hydrogen (secondary N) is 1. The van der Waals surface area contributed by atoms with Crippen molar-refractivity contribution in [3.05, 3.63) is 102 Å². The van der Waals surface area contributed by atoms with Crippen LogP contribution in [0.25, 0.3) is 5.57 Å². The summed E-state index contributed by atoms with van der Waals surface area (Å²) in [5.41, 5.74) is 5.20. The van der Waals surface area contributed by atoms with Crippen LogP contribution in [-0.4, -0.2) is 7.05 Å². The van der Waals surface area contributed by atoms with Crippen molar-refractivity contribution in [2.75, 3.05) is 7.05 Å². The summed E-state index contributed by atoms with van der Waals surface area (Å²) in [5, 5.41) is 3.04. The van der Waals surface area contributed by atoms with E-state index in [4.69, 9.17) is 0 Å². The first kappa shape index (κ1) is 17.8. The van der Waals surface area contributed by atoms with Crippen molar-refractivity contribution < 1.29 is 0 Å². The minimum absolute atomic E-state index is 0.978. The van der Waals surface area contributed by atoms with E-state index in [2.05, 4.69) is 91.2 Å². The van der Waals surface area contributed by atoms with Crippen molar-refractivity contribution in [3.8, 4) is 0 Å². The zero-order valence-corrected chi connectivity index (χ0v) is 14.7. The second-order valence-corrected chi connectivity index (χ2v) is 5.75. The lowest BCUT2D eigenvalue weighted by Crippen LogP contribution is -1.93. The van der Waals surface area contributed by atoms with Gasteiger partial charge in [-0.2, -0.15) is 0 Å². The Kier molecular flexibility index (Phi) is 7.62. The Labute approximate surface area is 146 Å². The van der Waals surface area contributed by atoms with E-state index in [0.717, 1.165) is 19.3 Å². The van der Waals surface area contributed by atoms with Gasteiger partial charge in [-0.05, 0) is 60.7 Å². The van der Waals surface area contributed by atoms with Crippen LogP contribution in [-0.2, 0) is 6.42 Å². The molecule has 0 radical (unpaired) electrons. The predicted molar refractivity (Wildman–Crippen MR) is 107 cm³/mol. The van der Waals surface area contributed by atoms with Gasteiger partial charge in [0, 0.05) is 7.05 Å². The molecule has 0 saturated carbocycles. The molecular weight excluding hydrogens is 290 g/mol. The van der Waals surface area contributed by atoms with Crippen molar-refractivity contribution >= 4 is 5.57 Å². The van der Waals surface area contributed by atoms with Gasteiger partial charge in [-0.15, -0.1) is 0 Å². The maximum Gasteiger partial charge on any atom is 0.00277 e. The molecule has 0 saturated heterocycles. The van der Waals surface area contributed by atoms with E-state index in [1.165, 1.54) is 22.3 Å². The number of benzene rings is 1. The minimum atomic E-state index is 0.978. The molecule has 0 atom stereocenters. The molecule has 0 fully saturated rings. The minimum Gasteiger partial charge on any atom is -0.394 e. The third-order valence-corrected chi connectivity index (χ3v) is 3.94. The molecule has 24 heavy (non-hydrogen) atoms. The largest absolute Gasteiger partial charge is 0.394 e. The zero-order valence-electron chi connectivity index (χ0n) is 14.7. The number of hydrogen-bond acceptors (Lipinski definition) is 1. The maximum absolute atomic E-state index is 3.04. The monoisotopic (exact) mass is 317 g/mol. The summed E-state index contributed by atoms with van der Waals surface area (Å²) in [5.74, 6) is 0. The average molecular weight is 317 g/mol. The van der Waals surface area contributed by atoms with Crippen molar-refractivity contribution in [3.63, 3.8) is 0 Å². The SMILES string of the molecule is C/C=C(\C=C/NC)c1ccc(CC2=C/C/C=C\C=C/C/C=C\2)cc1. The first-order valence-corrected chi connectivity index (χ1v) is 8.60. The Morgan fingerprint density at radius 3 is 2.50 bits per heavy atom. The highest BCUT2D eigenvalue weighted by molar-refractivity contribution is 5.73. The molecule has 1 aliphatic carbocycles. The zero-order chi connectivity index (χ0) is 17.0. The van der Waals surface area contributed by atoms with Gasteiger partial charge in [-0.25, -0.2) is 0 Å². The molecule has 0 bridgehead atoms. The van der Waals surface area contributed by atoms with Gasteiger partial charge in [0.05, 0.1) is 0 Å². The number of rotatable bonds is 5. The maximum atomic E-state index is 3.04. The van der Waals surface area contributed by atoms with Crippen LogP contribution < -0.4 is 5.32 Å². The second kappa shape index (κ2) is 10.3. The molecule has 1 heteroatoms. The van der Waals surface area contributed by atoms with Crippen LogP contribution in [0.5, 0.6) is 0 Å². The summed E-state index contributed by atoms with van der Waals surface area (Å²) in [6.45, 7) is 2.07. The predicted octanol–water partition coefficient (Wildman–Crippen LogP) is 5.75. The molecule has 0 heterocycles. The van der Waals surface area contributed by atoms with Gasteiger partial charge in [0.2, 0.25) is 0 Å². The topological polar surface area (TPSA) is 12.0 Å². The molecule has 124 valence electrons. The van der Waals surface area contributed by atoms with Crippen LogP contribution in [0.15, 0.2) is 90.7 Å². The standard InChI is InChI=1S/C23H27N/c1-3-22(17-18-24-2)23-15-13-21(14-16-23)19-20-11-9-7-5-4-6-8-10-12-20/h3-7,10-18,24H,8-9,19H2,1-2H3/b6-4-,7-5-,12-10-,18-17-,20-11+,22-3+. The number of hydrogen-bond donors (Lipinski definition) is 1. The van der Waals surface area contributed by atoms with E-state index in [-0.39, 0.29) is 0 Å². The normalized spacial score (nSPS) is 21.8. The van der Waals surface area contributed by atoms with Crippen LogP contribution >= 0.6 is 0 Å². The molecular formula is C23H27N. The quantitative estimate of drug-likeness (QED) is 0.681. The summed E-state index contributed by atoms with van der Waals surface area (Å²) in [4.78, 5) is 0. The van der Waals surface area contributed by atoms with E-state index in [1.54, 1.807) is 0 Å². The fourth-order valence-corrected chi connectivity index (χ4v) is 2.61. The Bertz CT molecular complexity index is 679. The third kappa shape index (κ3) is 5.92. The summed E-state index contributed by atoms with van der Waals surface area (Å²) < 4.78 is 0. The highest BCUT2D eigenvalue weighted by atomic mass is 14.8. The summed E-state index contributed by atoms with van der Waals surface area (Å²) in [7, 11) is 1.91. The Hall–Kier alpha value is -2.54. The van der Waals surface area contributed by atoms with E-state index in [0.29, 0.717) is 0 Å². The Morgan fingerprint density at radius 2 is 1.79 bits per heavy atom. The average Bonchev–Trinajstić information content (AvgIpc) is 2.62.